The highest BCUT2D eigenvalue weighted by atomic mass is 35.5. The number of halogens is 3. The monoisotopic (exact) mass is 340 g/mol. The summed E-state index contributed by atoms with van der Waals surface area (Å²) in [6, 6.07) is -0.0823. The number of cyclic esters (lactones) is 1. The van der Waals surface area contributed by atoms with Crippen LogP contribution in [0.2, 0.25) is 0 Å². The van der Waals surface area contributed by atoms with Crippen LogP contribution in [0, 0.1) is 10.1 Å². The first-order chi connectivity index (χ1) is 9.76. The third kappa shape index (κ3) is 3.11. The molecular weight excluding hydrogens is 330 g/mol. The van der Waals surface area contributed by atoms with Crippen LogP contribution in [0.15, 0.2) is 12.1 Å². The summed E-state index contributed by atoms with van der Waals surface area (Å²) in [5.41, 5.74) is -1.08. The zero-order chi connectivity index (χ0) is 15.8. The average Bonchev–Trinajstić information content (AvgIpc) is 2.41. The van der Waals surface area contributed by atoms with Crippen molar-refractivity contribution in [1.82, 2.24) is 5.32 Å². The zero-order valence-corrected chi connectivity index (χ0v) is 11.9. The fourth-order valence-electron chi connectivity index (χ4n) is 1.91. The van der Waals surface area contributed by atoms with Gasteiger partial charge in [0.2, 0.25) is 5.75 Å². The smallest absolute Gasteiger partial charge is 0.408 e. The number of phenolic OH excluding ortho intramolecular Hbond substituents is 1. The van der Waals surface area contributed by atoms with Crippen LogP contribution in [0.3, 0.4) is 0 Å². The first-order valence-corrected chi connectivity index (χ1v) is 5.62. The summed E-state index contributed by atoms with van der Waals surface area (Å²) in [5.74, 6) is -4.60. The van der Waals surface area contributed by atoms with Gasteiger partial charge in [0.05, 0.1) is 12.0 Å². The van der Waals surface area contributed by atoms with Crippen LogP contribution in [0.1, 0.15) is 11.6 Å². The highest BCUT2D eigenvalue weighted by molar-refractivity contribution is 5.85. The number of aromatic hydroxyl groups is 1. The van der Waals surface area contributed by atoms with E-state index < -0.39 is 41.0 Å². The quantitative estimate of drug-likeness (QED) is 0.644. The van der Waals surface area contributed by atoms with Crippen LogP contribution < -0.4 is 10.1 Å². The van der Waals surface area contributed by atoms with E-state index in [9.17, 15) is 28.8 Å². The number of hydrogen-bond donors (Lipinski definition) is 2. The average molecular weight is 341 g/mol. The number of benzene rings is 1. The summed E-state index contributed by atoms with van der Waals surface area (Å²) in [4.78, 5) is 21.0. The summed E-state index contributed by atoms with van der Waals surface area (Å²) >= 11 is 0. The van der Waals surface area contributed by atoms with Gasteiger partial charge in [-0.3, -0.25) is 10.1 Å². The van der Waals surface area contributed by atoms with E-state index in [1.807, 2.05) is 5.32 Å². The van der Waals surface area contributed by atoms with E-state index in [0.717, 1.165) is 19.2 Å². The van der Waals surface area contributed by atoms with E-state index in [1.54, 1.807) is 0 Å². The molecule has 1 heterocycles. The number of nitrogens with zero attached hydrogens (tertiary/aromatic N) is 1. The van der Waals surface area contributed by atoms with E-state index in [2.05, 4.69) is 4.74 Å². The molecule has 1 aromatic carbocycles. The molecule has 0 bridgehead atoms. The molecule has 22 heavy (non-hydrogen) atoms. The van der Waals surface area contributed by atoms with Crippen molar-refractivity contribution >= 4 is 24.2 Å². The lowest BCUT2D eigenvalue weighted by atomic mass is 9.99. The Morgan fingerprint density at radius 1 is 1.55 bits per heavy atom. The van der Waals surface area contributed by atoms with Gasteiger partial charge in [0.1, 0.15) is 6.04 Å². The molecule has 1 aromatic rings. The Morgan fingerprint density at radius 3 is 2.73 bits per heavy atom. The van der Waals surface area contributed by atoms with E-state index in [-0.39, 0.29) is 23.7 Å². The molecule has 1 aliphatic heterocycles. The van der Waals surface area contributed by atoms with E-state index in [0.29, 0.717) is 0 Å². The van der Waals surface area contributed by atoms with Crippen molar-refractivity contribution in [3.05, 3.63) is 27.8 Å². The normalized spacial score (nSPS) is 19.4. The number of carbonyl (C=O) groups is 1. The molecule has 2 rings (SSSR count). The van der Waals surface area contributed by atoms with Crippen molar-refractivity contribution in [3.8, 4) is 11.5 Å². The molecule has 8 nitrogen and oxygen atoms in total. The van der Waals surface area contributed by atoms with Crippen LogP contribution in [0.5, 0.6) is 11.5 Å². The number of nitro groups is 1. The number of phenols is 1. The number of amides is 1. The number of rotatable bonds is 3. The Kier molecular flexibility index (Phi) is 4.97. The number of nitrogens with one attached hydrogen (secondary N) is 1. The van der Waals surface area contributed by atoms with Crippen molar-refractivity contribution in [2.24, 2.45) is 0 Å². The number of ether oxygens (including phenoxy) is 2. The van der Waals surface area contributed by atoms with Gasteiger partial charge in [-0.25, -0.2) is 13.6 Å². The van der Waals surface area contributed by atoms with Gasteiger partial charge in [-0.05, 0) is 11.6 Å². The van der Waals surface area contributed by atoms with Crippen molar-refractivity contribution in [2.75, 3.05) is 13.7 Å². The van der Waals surface area contributed by atoms with Crippen molar-refractivity contribution in [3.63, 3.8) is 0 Å². The largest absolute Gasteiger partial charge is 0.500 e. The number of nitro benzene ring substituents is 1. The maximum atomic E-state index is 13.8. The first-order valence-electron chi connectivity index (χ1n) is 5.62. The fraction of sp³-hybridized carbons (Fsp3) is 0.364. The van der Waals surface area contributed by atoms with Gasteiger partial charge in [-0.1, -0.05) is 0 Å². The Balaban J connectivity index is 0.00000242. The SMILES string of the molecule is COc1cc([C@@H]2NC(=O)OCC2(F)F)cc([N+](=O)[O-])c1O.Cl. The van der Waals surface area contributed by atoms with Crippen LogP contribution in [-0.2, 0) is 4.74 Å². The third-order valence-corrected chi connectivity index (χ3v) is 2.91. The molecule has 2 N–H and O–H groups in total. The van der Waals surface area contributed by atoms with Gasteiger partial charge >= 0.3 is 17.7 Å². The molecule has 122 valence electrons. The van der Waals surface area contributed by atoms with E-state index >= 15 is 0 Å². The van der Waals surface area contributed by atoms with Gasteiger partial charge in [-0.2, -0.15) is 0 Å². The minimum Gasteiger partial charge on any atom is -0.500 e. The lowest BCUT2D eigenvalue weighted by Crippen LogP contribution is -2.49. The van der Waals surface area contributed by atoms with Gasteiger partial charge in [0.15, 0.2) is 12.4 Å². The summed E-state index contributed by atoms with van der Waals surface area (Å²) < 4.78 is 36.5. The molecule has 1 aliphatic rings. The zero-order valence-electron chi connectivity index (χ0n) is 11.0. The van der Waals surface area contributed by atoms with Crippen LogP contribution in [-0.4, -0.2) is 35.8 Å². The summed E-state index contributed by atoms with van der Waals surface area (Å²) in [6.45, 7) is -1.15. The predicted molar refractivity (Wildman–Crippen MR) is 70.7 cm³/mol. The standard InChI is InChI=1S/C11H10F2N2O6.ClH/c1-20-7-3-5(2-6(8(7)16)15(18)19)9-11(12,13)4-21-10(17)14-9;/h2-3,9,16H,4H2,1H3,(H,14,17);1H/t9-;/m0./s1. The maximum absolute atomic E-state index is 13.8. The maximum Gasteiger partial charge on any atom is 0.408 e. The number of alkyl halides is 2. The number of hydrogen-bond acceptors (Lipinski definition) is 6. The molecular formula is C11H11ClF2N2O6. The number of carbonyl (C=O) groups excluding carboxylic acids is 1. The molecule has 11 heteroatoms. The second-order valence-corrected chi connectivity index (χ2v) is 4.26. The van der Waals surface area contributed by atoms with Crippen molar-refractivity contribution in [2.45, 2.75) is 12.0 Å². The molecule has 1 amide bonds. The third-order valence-electron chi connectivity index (χ3n) is 2.91. The lowest BCUT2D eigenvalue weighted by Gasteiger charge is -2.31. The van der Waals surface area contributed by atoms with Gasteiger partial charge in [0.25, 0.3) is 0 Å². The van der Waals surface area contributed by atoms with E-state index in [1.165, 1.54) is 0 Å². The Bertz CT molecular complexity index is 612. The Morgan fingerprint density at radius 2 is 2.18 bits per heavy atom. The molecule has 0 saturated carbocycles. The minimum absolute atomic E-state index is 0. The topological polar surface area (TPSA) is 111 Å². The molecule has 0 aromatic heterocycles. The van der Waals surface area contributed by atoms with Crippen LogP contribution in [0.25, 0.3) is 0 Å². The summed E-state index contributed by atoms with van der Waals surface area (Å²) in [6.07, 6.45) is -1.07. The number of methoxy groups -OCH3 is 1. The van der Waals surface area contributed by atoms with Gasteiger partial charge in [-0.15, -0.1) is 12.4 Å². The van der Waals surface area contributed by atoms with Gasteiger partial charge < -0.3 is 19.9 Å². The predicted octanol–water partition coefficient (Wildman–Crippen LogP) is 2.15. The van der Waals surface area contributed by atoms with E-state index in [4.69, 9.17) is 4.74 Å². The Labute approximate surface area is 128 Å². The molecule has 0 radical (unpaired) electrons. The van der Waals surface area contributed by atoms with Crippen molar-refractivity contribution < 1.29 is 33.1 Å². The molecule has 1 fully saturated rings. The second-order valence-electron chi connectivity index (χ2n) is 4.26. The van der Waals surface area contributed by atoms with Crippen LogP contribution in [0.4, 0.5) is 19.3 Å². The minimum atomic E-state index is -3.47. The molecule has 0 unspecified atom stereocenters. The molecule has 0 spiro atoms. The first kappa shape index (κ1) is 17.7. The summed E-state index contributed by atoms with van der Waals surface area (Å²) in [5, 5.41) is 22.3. The second kappa shape index (κ2) is 6.18. The Hall–Kier alpha value is -2.36. The van der Waals surface area contributed by atoms with Crippen molar-refractivity contribution in [1.29, 1.82) is 0 Å². The highest BCUT2D eigenvalue weighted by Crippen LogP contribution is 2.42. The summed E-state index contributed by atoms with van der Waals surface area (Å²) in [7, 11) is 1.11. The molecule has 1 saturated heterocycles. The fourth-order valence-corrected chi connectivity index (χ4v) is 1.91. The molecule has 1 atom stereocenters. The van der Waals surface area contributed by atoms with Gasteiger partial charge in [0, 0.05) is 6.07 Å². The molecule has 0 aliphatic carbocycles. The highest BCUT2D eigenvalue weighted by Gasteiger charge is 2.47. The van der Waals surface area contributed by atoms with Crippen LogP contribution >= 0.6 is 12.4 Å². The number of alkyl carbamates (subject to hydrolysis) is 1. The lowest BCUT2D eigenvalue weighted by molar-refractivity contribution is -0.386.